The number of fused-ring (bicyclic) bond motifs is 2. The SMILES string of the molecule is COCC(C)(C)c1c(C2CC(C)(C(=O)O)C2)c2nc3[nH]ncc3cc2n1-c1ccc(F)cc1. The number of methoxy groups -OCH3 is 1. The molecule has 7 nitrogen and oxygen atoms in total. The summed E-state index contributed by atoms with van der Waals surface area (Å²) in [6.07, 6.45) is 2.79. The molecular weight excluding hydrogens is 423 g/mol. The lowest BCUT2D eigenvalue weighted by atomic mass is 9.60. The summed E-state index contributed by atoms with van der Waals surface area (Å²) >= 11 is 0. The summed E-state index contributed by atoms with van der Waals surface area (Å²) in [5.41, 5.74) is 4.06. The van der Waals surface area contributed by atoms with Crippen LogP contribution >= 0.6 is 0 Å². The van der Waals surface area contributed by atoms with Crippen molar-refractivity contribution in [3.8, 4) is 5.69 Å². The number of pyridine rings is 1. The first-order chi connectivity index (χ1) is 15.6. The Morgan fingerprint density at radius 3 is 2.67 bits per heavy atom. The van der Waals surface area contributed by atoms with Gasteiger partial charge in [0.25, 0.3) is 0 Å². The topological polar surface area (TPSA) is 93.0 Å². The van der Waals surface area contributed by atoms with Crippen LogP contribution in [0.15, 0.2) is 36.5 Å². The Hall–Kier alpha value is -3.26. The fraction of sp³-hybridized carbons (Fsp3) is 0.400. The molecule has 0 saturated heterocycles. The average molecular weight is 451 g/mol. The van der Waals surface area contributed by atoms with E-state index in [1.165, 1.54) is 12.1 Å². The molecule has 4 aromatic rings. The number of carboxylic acids is 1. The van der Waals surface area contributed by atoms with E-state index >= 15 is 0 Å². The van der Waals surface area contributed by atoms with Crippen LogP contribution < -0.4 is 0 Å². The van der Waals surface area contributed by atoms with Crippen LogP contribution in [-0.2, 0) is 14.9 Å². The second-order valence-corrected chi connectivity index (χ2v) is 10.0. The predicted molar refractivity (Wildman–Crippen MR) is 123 cm³/mol. The van der Waals surface area contributed by atoms with Crippen molar-refractivity contribution in [2.45, 2.75) is 44.9 Å². The van der Waals surface area contributed by atoms with Crippen LogP contribution in [0.1, 0.15) is 50.8 Å². The molecule has 2 N–H and O–H groups in total. The first-order valence-corrected chi connectivity index (χ1v) is 11.0. The van der Waals surface area contributed by atoms with Gasteiger partial charge in [0, 0.05) is 34.9 Å². The average Bonchev–Trinajstić information content (AvgIpc) is 3.32. The van der Waals surface area contributed by atoms with Gasteiger partial charge in [-0.1, -0.05) is 13.8 Å². The van der Waals surface area contributed by atoms with Gasteiger partial charge in [0.05, 0.1) is 29.3 Å². The number of aromatic nitrogens is 4. The molecule has 0 bridgehead atoms. The van der Waals surface area contributed by atoms with Crippen molar-refractivity contribution in [1.29, 1.82) is 0 Å². The second-order valence-electron chi connectivity index (χ2n) is 10.0. The Kier molecular flexibility index (Phi) is 4.83. The van der Waals surface area contributed by atoms with Crippen molar-refractivity contribution >= 4 is 28.0 Å². The molecule has 1 fully saturated rings. The van der Waals surface area contributed by atoms with E-state index in [9.17, 15) is 14.3 Å². The first-order valence-electron chi connectivity index (χ1n) is 11.0. The van der Waals surface area contributed by atoms with Crippen molar-refractivity contribution in [3.63, 3.8) is 0 Å². The number of aromatic amines is 1. The van der Waals surface area contributed by atoms with Gasteiger partial charge in [0.1, 0.15) is 5.82 Å². The third-order valence-corrected chi connectivity index (χ3v) is 6.93. The van der Waals surface area contributed by atoms with Crippen LogP contribution in [0.5, 0.6) is 0 Å². The highest BCUT2D eigenvalue weighted by Gasteiger charge is 2.50. The van der Waals surface area contributed by atoms with Crippen molar-refractivity contribution < 1.29 is 19.0 Å². The van der Waals surface area contributed by atoms with Gasteiger partial charge in [-0.2, -0.15) is 5.10 Å². The number of ether oxygens (including phenoxy) is 1. The van der Waals surface area contributed by atoms with E-state index in [1.54, 1.807) is 32.4 Å². The molecule has 0 radical (unpaired) electrons. The molecule has 0 unspecified atom stereocenters. The van der Waals surface area contributed by atoms with Gasteiger partial charge in [-0.25, -0.2) is 9.37 Å². The summed E-state index contributed by atoms with van der Waals surface area (Å²) in [5.74, 6) is -1.04. The number of hydrogen-bond acceptors (Lipinski definition) is 4. The summed E-state index contributed by atoms with van der Waals surface area (Å²) in [6.45, 7) is 6.47. The lowest BCUT2D eigenvalue weighted by Crippen LogP contribution is -2.41. The summed E-state index contributed by atoms with van der Waals surface area (Å²) in [7, 11) is 1.67. The van der Waals surface area contributed by atoms with Gasteiger partial charge in [0.15, 0.2) is 5.65 Å². The van der Waals surface area contributed by atoms with Crippen molar-refractivity contribution in [1.82, 2.24) is 19.7 Å². The van der Waals surface area contributed by atoms with E-state index in [1.807, 2.05) is 6.07 Å². The molecule has 0 atom stereocenters. The quantitative estimate of drug-likeness (QED) is 0.434. The van der Waals surface area contributed by atoms with Gasteiger partial charge < -0.3 is 14.4 Å². The van der Waals surface area contributed by atoms with E-state index in [0.717, 1.165) is 33.4 Å². The summed E-state index contributed by atoms with van der Waals surface area (Å²) < 4.78 is 21.5. The number of benzene rings is 1. The molecule has 1 aliphatic rings. The molecule has 3 heterocycles. The second kappa shape index (κ2) is 7.38. The normalized spacial score (nSPS) is 20.9. The van der Waals surface area contributed by atoms with Crippen molar-refractivity contribution in [3.05, 3.63) is 53.6 Å². The zero-order valence-electron chi connectivity index (χ0n) is 19.1. The molecule has 3 aromatic heterocycles. The van der Waals surface area contributed by atoms with E-state index < -0.39 is 16.8 Å². The minimum absolute atomic E-state index is 0.0364. The lowest BCUT2D eigenvalue weighted by Gasteiger charge is -2.43. The highest BCUT2D eigenvalue weighted by molar-refractivity contribution is 5.94. The van der Waals surface area contributed by atoms with Crippen LogP contribution in [0, 0.1) is 11.2 Å². The zero-order valence-corrected chi connectivity index (χ0v) is 19.1. The number of aliphatic carboxylic acids is 1. The standard InChI is InChI=1S/C25H27FN4O3/c1-24(2,13-33-4)21-19(15-10-25(3,11-15)23(31)32)20-18(9-14-12-27-29-22(14)28-20)30(21)17-7-5-16(26)6-8-17/h5-9,12,15H,10-11,13H2,1-4H3,(H,31,32)(H,27,28,29). The highest BCUT2D eigenvalue weighted by Crippen LogP contribution is 2.55. The third kappa shape index (κ3) is 3.31. The Bertz CT molecular complexity index is 1360. The molecule has 1 aromatic carbocycles. The monoisotopic (exact) mass is 450 g/mol. The fourth-order valence-corrected chi connectivity index (χ4v) is 5.34. The van der Waals surface area contributed by atoms with Gasteiger partial charge >= 0.3 is 5.97 Å². The lowest BCUT2D eigenvalue weighted by molar-refractivity contribution is -0.154. The molecular formula is C25H27FN4O3. The number of rotatable bonds is 6. The molecule has 1 aliphatic carbocycles. The van der Waals surface area contributed by atoms with Gasteiger partial charge in [-0.15, -0.1) is 0 Å². The largest absolute Gasteiger partial charge is 0.481 e. The number of nitrogens with one attached hydrogen (secondary N) is 1. The molecule has 33 heavy (non-hydrogen) atoms. The number of H-pyrrole nitrogens is 1. The number of halogens is 1. The smallest absolute Gasteiger partial charge is 0.309 e. The Balaban J connectivity index is 1.85. The minimum Gasteiger partial charge on any atom is -0.481 e. The Labute approximate surface area is 190 Å². The van der Waals surface area contributed by atoms with Crippen LogP contribution in [0.2, 0.25) is 0 Å². The summed E-state index contributed by atoms with van der Waals surface area (Å²) in [5, 5.41) is 17.7. The van der Waals surface area contributed by atoms with E-state index in [-0.39, 0.29) is 11.7 Å². The Morgan fingerprint density at radius 2 is 2.03 bits per heavy atom. The minimum atomic E-state index is -0.775. The maximum absolute atomic E-state index is 13.8. The zero-order chi connectivity index (χ0) is 23.5. The molecule has 1 saturated carbocycles. The van der Waals surface area contributed by atoms with Gasteiger partial charge in [-0.05, 0) is 56.0 Å². The van der Waals surface area contributed by atoms with E-state index in [4.69, 9.17) is 9.72 Å². The number of carbonyl (C=O) groups is 1. The maximum Gasteiger partial charge on any atom is 0.309 e. The van der Waals surface area contributed by atoms with Crippen molar-refractivity contribution in [2.75, 3.05) is 13.7 Å². The number of hydrogen-bond donors (Lipinski definition) is 2. The maximum atomic E-state index is 13.8. The number of nitrogens with zero attached hydrogens (tertiary/aromatic N) is 3. The van der Waals surface area contributed by atoms with Crippen LogP contribution in [0.25, 0.3) is 27.8 Å². The molecule has 0 spiro atoms. The highest BCUT2D eigenvalue weighted by atomic mass is 19.1. The molecule has 0 aliphatic heterocycles. The fourth-order valence-electron chi connectivity index (χ4n) is 5.34. The molecule has 8 heteroatoms. The predicted octanol–water partition coefficient (Wildman–Crippen LogP) is 4.93. The first kappa shape index (κ1) is 21.6. The van der Waals surface area contributed by atoms with Crippen LogP contribution in [0.3, 0.4) is 0 Å². The van der Waals surface area contributed by atoms with Crippen molar-refractivity contribution in [2.24, 2.45) is 5.41 Å². The summed E-state index contributed by atoms with van der Waals surface area (Å²) in [4.78, 5) is 16.8. The van der Waals surface area contributed by atoms with Gasteiger partial charge in [0.2, 0.25) is 0 Å². The third-order valence-electron chi connectivity index (χ3n) is 6.93. The van der Waals surface area contributed by atoms with Crippen LogP contribution in [-0.4, -0.2) is 44.5 Å². The summed E-state index contributed by atoms with van der Waals surface area (Å²) in [6, 6.07) is 8.44. The molecule has 172 valence electrons. The Morgan fingerprint density at radius 1 is 1.33 bits per heavy atom. The van der Waals surface area contributed by atoms with Crippen LogP contribution in [0.4, 0.5) is 4.39 Å². The molecule has 0 amide bonds. The van der Waals surface area contributed by atoms with E-state index in [0.29, 0.717) is 25.1 Å². The van der Waals surface area contributed by atoms with E-state index in [2.05, 4.69) is 28.6 Å². The van der Waals surface area contributed by atoms with Gasteiger partial charge in [-0.3, -0.25) is 9.89 Å². The number of carboxylic acid groups (broad SMARTS) is 1. The molecule has 5 rings (SSSR count).